The van der Waals surface area contributed by atoms with Crippen molar-refractivity contribution in [1.29, 1.82) is 0 Å². The van der Waals surface area contributed by atoms with Crippen molar-refractivity contribution >= 4 is 27.8 Å². The molecule has 2 aromatic carbocycles. The molecule has 1 amide bonds. The molecule has 0 spiro atoms. The number of esters is 1. The van der Waals surface area contributed by atoms with Crippen molar-refractivity contribution in [3.05, 3.63) is 52.0 Å². The predicted octanol–water partition coefficient (Wildman–Crippen LogP) is 2.78. The van der Waals surface area contributed by atoms with Gasteiger partial charge >= 0.3 is 5.97 Å². The quantitative estimate of drug-likeness (QED) is 0.637. The lowest BCUT2D eigenvalue weighted by Crippen LogP contribution is -2.13. The molecule has 0 fully saturated rings. The molecule has 23 heavy (non-hydrogen) atoms. The highest BCUT2D eigenvalue weighted by atomic mass is 79.9. The van der Waals surface area contributed by atoms with E-state index in [-0.39, 0.29) is 17.1 Å². The lowest BCUT2D eigenvalue weighted by Gasteiger charge is -2.12. The van der Waals surface area contributed by atoms with Crippen molar-refractivity contribution in [2.24, 2.45) is 5.73 Å². The van der Waals surface area contributed by atoms with Gasteiger partial charge in [0, 0.05) is 5.56 Å². The van der Waals surface area contributed by atoms with E-state index < -0.39 is 11.9 Å². The molecule has 120 valence electrons. The molecule has 0 aliphatic carbocycles. The molecule has 6 nitrogen and oxygen atoms in total. The van der Waals surface area contributed by atoms with Gasteiger partial charge in [0.2, 0.25) is 5.91 Å². The van der Waals surface area contributed by atoms with Crippen molar-refractivity contribution in [2.45, 2.75) is 0 Å². The van der Waals surface area contributed by atoms with Gasteiger partial charge in [0.05, 0.1) is 24.3 Å². The summed E-state index contributed by atoms with van der Waals surface area (Å²) in [6, 6.07) is 9.34. The van der Waals surface area contributed by atoms with Crippen LogP contribution >= 0.6 is 15.9 Å². The Morgan fingerprint density at radius 1 is 1.00 bits per heavy atom. The first-order chi connectivity index (χ1) is 11.0. The summed E-state index contributed by atoms with van der Waals surface area (Å²) in [5.41, 5.74) is 5.82. The van der Waals surface area contributed by atoms with Crippen LogP contribution in [0.3, 0.4) is 0 Å². The van der Waals surface area contributed by atoms with Crippen molar-refractivity contribution in [2.75, 3.05) is 14.2 Å². The van der Waals surface area contributed by atoms with Crippen molar-refractivity contribution in [3.8, 4) is 17.2 Å². The zero-order valence-corrected chi connectivity index (χ0v) is 14.0. The molecule has 0 saturated heterocycles. The first kappa shape index (κ1) is 16.8. The van der Waals surface area contributed by atoms with E-state index >= 15 is 0 Å². The van der Waals surface area contributed by atoms with Crippen LogP contribution in [0.15, 0.2) is 40.9 Å². The van der Waals surface area contributed by atoms with E-state index in [0.29, 0.717) is 15.8 Å². The van der Waals surface area contributed by atoms with Gasteiger partial charge in [-0.1, -0.05) is 0 Å². The smallest absolute Gasteiger partial charge is 0.343 e. The van der Waals surface area contributed by atoms with E-state index in [9.17, 15) is 9.59 Å². The van der Waals surface area contributed by atoms with Crippen molar-refractivity contribution in [3.63, 3.8) is 0 Å². The van der Waals surface area contributed by atoms with Gasteiger partial charge in [-0.25, -0.2) is 4.79 Å². The van der Waals surface area contributed by atoms with E-state index in [4.69, 9.17) is 19.9 Å². The fraction of sp³-hybridized carbons (Fsp3) is 0.125. The Hall–Kier alpha value is -2.54. The summed E-state index contributed by atoms with van der Waals surface area (Å²) in [6.45, 7) is 0. The molecular formula is C16H14BrNO5. The SMILES string of the molecule is COc1ccc(C(=O)Oc2c(Br)cc(C(N)=O)cc2OC)cc1. The Balaban J connectivity index is 2.31. The Bertz CT molecular complexity index is 743. The number of carbonyl (C=O) groups is 2. The van der Waals surface area contributed by atoms with Crippen LogP contribution in [0.2, 0.25) is 0 Å². The van der Waals surface area contributed by atoms with Gasteiger partial charge in [0.1, 0.15) is 5.75 Å². The third-order valence-corrected chi connectivity index (χ3v) is 3.62. The van der Waals surface area contributed by atoms with Crippen LogP contribution in [-0.2, 0) is 0 Å². The second kappa shape index (κ2) is 7.15. The standard InChI is InChI=1S/C16H14BrNO5/c1-21-11-5-3-9(4-6-11)16(20)23-14-12(17)7-10(15(18)19)8-13(14)22-2/h3-8H,1-2H3,(H2,18,19). The largest absolute Gasteiger partial charge is 0.497 e. The van der Waals surface area contributed by atoms with Crippen molar-refractivity contribution < 1.29 is 23.8 Å². The molecule has 0 saturated carbocycles. The Morgan fingerprint density at radius 3 is 2.17 bits per heavy atom. The molecule has 0 radical (unpaired) electrons. The number of ether oxygens (including phenoxy) is 3. The zero-order valence-electron chi connectivity index (χ0n) is 12.5. The van der Waals surface area contributed by atoms with Crippen LogP contribution in [0, 0.1) is 0 Å². The van der Waals surface area contributed by atoms with Gasteiger partial charge in [-0.3, -0.25) is 4.79 Å². The van der Waals surface area contributed by atoms with Gasteiger partial charge in [-0.05, 0) is 52.3 Å². The third kappa shape index (κ3) is 3.81. The number of methoxy groups -OCH3 is 2. The topological polar surface area (TPSA) is 87.9 Å². The average molecular weight is 380 g/mol. The minimum atomic E-state index is -0.614. The highest BCUT2D eigenvalue weighted by Gasteiger charge is 2.18. The number of benzene rings is 2. The molecule has 0 aliphatic heterocycles. The molecule has 2 aromatic rings. The van der Waals surface area contributed by atoms with Gasteiger partial charge in [-0.15, -0.1) is 0 Å². The second-order valence-electron chi connectivity index (χ2n) is 4.47. The summed E-state index contributed by atoms with van der Waals surface area (Å²) < 4.78 is 15.9. The number of rotatable bonds is 5. The van der Waals surface area contributed by atoms with E-state index in [0.717, 1.165) is 0 Å². The predicted molar refractivity (Wildman–Crippen MR) is 87.2 cm³/mol. The summed E-state index contributed by atoms with van der Waals surface area (Å²) in [7, 11) is 2.94. The van der Waals surface area contributed by atoms with Crippen molar-refractivity contribution in [1.82, 2.24) is 0 Å². The lowest BCUT2D eigenvalue weighted by atomic mass is 10.2. The minimum Gasteiger partial charge on any atom is -0.497 e. The molecule has 0 bridgehead atoms. The zero-order chi connectivity index (χ0) is 17.0. The number of nitrogens with two attached hydrogens (primary N) is 1. The van der Waals surface area contributed by atoms with Gasteiger partial charge in [0.15, 0.2) is 11.5 Å². The van der Waals surface area contributed by atoms with Crippen LogP contribution in [-0.4, -0.2) is 26.1 Å². The number of hydrogen-bond donors (Lipinski definition) is 1. The lowest BCUT2D eigenvalue weighted by molar-refractivity contribution is 0.0728. The maximum absolute atomic E-state index is 12.2. The van der Waals surface area contributed by atoms with Gasteiger partial charge in [-0.2, -0.15) is 0 Å². The summed E-state index contributed by atoms with van der Waals surface area (Å²) in [5, 5.41) is 0. The number of carbonyl (C=O) groups excluding carboxylic acids is 2. The Labute approximate surface area is 141 Å². The number of hydrogen-bond acceptors (Lipinski definition) is 5. The summed E-state index contributed by atoms with van der Waals surface area (Å²) in [4.78, 5) is 23.5. The first-order valence-corrected chi connectivity index (χ1v) is 7.29. The Morgan fingerprint density at radius 2 is 1.65 bits per heavy atom. The maximum atomic E-state index is 12.2. The molecule has 0 heterocycles. The highest BCUT2D eigenvalue weighted by molar-refractivity contribution is 9.10. The minimum absolute atomic E-state index is 0.165. The molecule has 2 N–H and O–H groups in total. The monoisotopic (exact) mass is 379 g/mol. The van der Waals surface area contributed by atoms with Crippen LogP contribution in [0.5, 0.6) is 17.2 Å². The molecule has 0 unspecified atom stereocenters. The molecular weight excluding hydrogens is 366 g/mol. The van der Waals surface area contributed by atoms with E-state index in [1.165, 1.54) is 26.4 Å². The molecule has 2 rings (SSSR count). The number of amides is 1. The van der Waals surface area contributed by atoms with E-state index in [1.54, 1.807) is 24.3 Å². The average Bonchev–Trinajstić information content (AvgIpc) is 2.56. The summed E-state index contributed by atoms with van der Waals surface area (Å²) >= 11 is 3.25. The Kier molecular flexibility index (Phi) is 5.23. The van der Waals surface area contributed by atoms with E-state index in [1.807, 2.05) is 0 Å². The van der Waals surface area contributed by atoms with Crippen LogP contribution in [0.1, 0.15) is 20.7 Å². The molecule has 0 aliphatic rings. The number of halogens is 1. The normalized spacial score (nSPS) is 10.0. The van der Waals surface area contributed by atoms with E-state index in [2.05, 4.69) is 15.9 Å². The van der Waals surface area contributed by atoms with Gasteiger partial charge in [0.25, 0.3) is 0 Å². The molecule has 0 aromatic heterocycles. The first-order valence-electron chi connectivity index (χ1n) is 6.49. The maximum Gasteiger partial charge on any atom is 0.343 e. The fourth-order valence-corrected chi connectivity index (χ4v) is 2.36. The van der Waals surface area contributed by atoms with Crippen LogP contribution in [0.4, 0.5) is 0 Å². The second-order valence-corrected chi connectivity index (χ2v) is 5.33. The van der Waals surface area contributed by atoms with Gasteiger partial charge < -0.3 is 19.9 Å². The molecule has 0 atom stereocenters. The summed E-state index contributed by atoms with van der Waals surface area (Å²) in [5.74, 6) is -0.171. The van der Waals surface area contributed by atoms with Crippen LogP contribution in [0.25, 0.3) is 0 Å². The number of primary amides is 1. The fourth-order valence-electron chi connectivity index (χ4n) is 1.84. The highest BCUT2D eigenvalue weighted by Crippen LogP contribution is 2.37. The van der Waals surface area contributed by atoms with Crippen LogP contribution < -0.4 is 19.9 Å². The third-order valence-electron chi connectivity index (χ3n) is 3.03. The molecule has 7 heteroatoms. The summed E-state index contributed by atoms with van der Waals surface area (Å²) in [6.07, 6.45) is 0.